The number of hydrogen-bond acceptors (Lipinski definition) is 5. The van der Waals surface area contributed by atoms with Gasteiger partial charge in [0.05, 0.1) is 21.9 Å². The first-order valence-electron chi connectivity index (χ1n) is 9.45. The van der Waals surface area contributed by atoms with E-state index < -0.39 is 0 Å². The molecule has 3 rings (SSSR count). The molecule has 1 amide bonds. The normalized spacial score (nSPS) is 16.8. The Bertz CT molecular complexity index is 1050. The van der Waals surface area contributed by atoms with E-state index in [2.05, 4.69) is 11.9 Å². The number of para-hydroxylation sites is 1. The number of aldehydes is 1. The largest absolute Gasteiger partial charge is 0.463 e. The lowest BCUT2D eigenvalue weighted by atomic mass is 10.1. The zero-order chi connectivity index (χ0) is 21.5. The van der Waals surface area contributed by atoms with Crippen LogP contribution in [0.3, 0.4) is 0 Å². The molecule has 0 spiro atoms. The van der Waals surface area contributed by atoms with Crippen LogP contribution in [0.2, 0.25) is 5.02 Å². The summed E-state index contributed by atoms with van der Waals surface area (Å²) in [6.07, 6.45) is 5.81. The summed E-state index contributed by atoms with van der Waals surface area (Å²) in [5, 5.41) is 1.05. The predicted molar refractivity (Wildman–Crippen MR) is 124 cm³/mol. The molecule has 7 heteroatoms. The van der Waals surface area contributed by atoms with Crippen LogP contribution in [-0.2, 0) is 9.59 Å². The van der Waals surface area contributed by atoms with Gasteiger partial charge in [-0.3, -0.25) is 19.5 Å². The lowest BCUT2D eigenvalue weighted by Gasteiger charge is -2.17. The van der Waals surface area contributed by atoms with Gasteiger partial charge in [0.25, 0.3) is 5.91 Å². The average Bonchev–Trinajstić information content (AvgIpc) is 3.03. The summed E-state index contributed by atoms with van der Waals surface area (Å²) in [4.78, 5) is 30.4. The molecule has 0 bridgehead atoms. The molecule has 0 aliphatic carbocycles. The number of ether oxygens (including phenoxy) is 1. The Morgan fingerprint density at radius 3 is 2.73 bits per heavy atom. The van der Waals surface area contributed by atoms with Crippen molar-refractivity contribution in [3.63, 3.8) is 0 Å². The highest BCUT2D eigenvalue weighted by atomic mass is 35.5. The Morgan fingerprint density at radius 1 is 1.23 bits per heavy atom. The summed E-state index contributed by atoms with van der Waals surface area (Å²) in [5.74, 6) is 0.309. The molecular weight excluding hydrogens is 420 g/mol. The van der Waals surface area contributed by atoms with Crippen LogP contribution in [0.25, 0.3) is 6.08 Å². The lowest BCUT2D eigenvalue weighted by Crippen LogP contribution is -2.29. The topological polar surface area (TPSA) is 59.0 Å². The van der Waals surface area contributed by atoms with Gasteiger partial charge in [0.2, 0.25) is 0 Å². The van der Waals surface area contributed by atoms with Gasteiger partial charge in [-0.2, -0.15) is 0 Å². The molecule has 1 aliphatic heterocycles. The molecule has 30 heavy (non-hydrogen) atoms. The van der Waals surface area contributed by atoms with E-state index in [4.69, 9.17) is 16.3 Å². The molecule has 0 unspecified atom stereocenters. The molecule has 0 aromatic heterocycles. The number of halogens is 1. The summed E-state index contributed by atoms with van der Waals surface area (Å²) >= 11 is 7.63. The highest BCUT2D eigenvalue weighted by Gasteiger charge is 2.35. The number of anilines is 1. The van der Waals surface area contributed by atoms with E-state index in [9.17, 15) is 9.59 Å². The van der Waals surface area contributed by atoms with Gasteiger partial charge in [-0.05, 0) is 60.5 Å². The third kappa shape index (κ3) is 5.01. The molecule has 0 radical (unpaired) electrons. The van der Waals surface area contributed by atoms with Gasteiger partial charge in [0.1, 0.15) is 12.0 Å². The van der Waals surface area contributed by atoms with E-state index in [1.54, 1.807) is 29.2 Å². The number of rotatable bonds is 7. The Hall–Kier alpha value is -2.83. The van der Waals surface area contributed by atoms with E-state index in [1.807, 2.05) is 31.2 Å². The van der Waals surface area contributed by atoms with Crippen molar-refractivity contribution in [3.05, 3.63) is 75.9 Å². The van der Waals surface area contributed by atoms with Crippen LogP contribution in [0.4, 0.5) is 5.69 Å². The van der Waals surface area contributed by atoms with Gasteiger partial charge in [-0.25, -0.2) is 0 Å². The van der Waals surface area contributed by atoms with Crippen LogP contribution in [0, 0.1) is 6.92 Å². The fourth-order valence-corrected chi connectivity index (χ4v) is 4.04. The van der Waals surface area contributed by atoms with E-state index in [-0.39, 0.29) is 5.91 Å². The maximum Gasteiger partial charge on any atom is 0.271 e. The molecule has 0 atom stereocenters. The molecule has 1 fully saturated rings. The first-order chi connectivity index (χ1) is 14.5. The van der Waals surface area contributed by atoms with Crippen LogP contribution < -0.4 is 9.64 Å². The first kappa shape index (κ1) is 21.9. The monoisotopic (exact) mass is 440 g/mol. The van der Waals surface area contributed by atoms with Crippen molar-refractivity contribution < 1.29 is 14.3 Å². The van der Waals surface area contributed by atoms with Crippen molar-refractivity contribution >= 4 is 52.5 Å². The van der Waals surface area contributed by atoms with Crippen LogP contribution >= 0.6 is 23.4 Å². The summed E-state index contributed by atoms with van der Waals surface area (Å²) in [6.45, 7) is 4.68. The van der Waals surface area contributed by atoms with Crippen LogP contribution in [0.1, 0.15) is 24.5 Å². The highest BCUT2D eigenvalue weighted by molar-refractivity contribution is 8.19. The lowest BCUT2D eigenvalue weighted by molar-refractivity contribution is -0.113. The van der Waals surface area contributed by atoms with Gasteiger partial charge >= 0.3 is 0 Å². The molecule has 154 valence electrons. The number of benzene rings is 2. The van der Waals surface area contributed by atoms with Gasteiger partial charge < -0.3 is 4.74 Å². The third-order valence-corrected chi connectivity index (χ3v) is 5.54. The number of allylic oxidation sites excluding steroid dienone is 1. The van der Waals surface area contributed by atoms with E-state index >= 15 is 0 Å². The van der Waals surface area contributed by atoms with Crippen LogP contribution in [0.5, 0.6) is 5.75 Å². The number of carbonyl (C=O) groups is 2. The van der Waals surface area contributed by atoms with Gasteiger partial charge in [0.15, 0.2) is 5.17 Å². The van der Waals surface area contributed by atoms with E-state index in [0.29, 0.717) is 33.7 Å². The fraction of sp³-hybridized carbons (Fsp3) is 0.174. The number of carbonyl (C=O) groups excluding carboxylic acids is 2. The third-order valence-electron chi connectivity index (χ3n) is 4.24. The van der Waals surface area contributed by atoms with Crippen molar-refractivity contribution in [2.24, 2.45) is 4.99 Å². The fourth-order valence-electron chi connectivity index (χ4n) is 2.81. The van der Waals surface area contributed by atoms with Gasteiger partial charge in [-0.1, -0.05) is 42.8 Å². The molecule has 1 saturated heterocycles. The minimum absolute atomic E-state index is 0.116. The highest BCUT2D eigenvalue weighted by Crippen LogP contribution is 2.38. The van der Waals surface area contributed by atoms with E-state index in [1.165, 1.54) is 24.1 Å². The van der Waals surface area contributed by atoms with Crippen molar-refractivity contribution in [1.29, 1.82) is 0 Å². The number of nitrogens with zero attached hydrogens (tertiary/aromatic N) is 2. The second-order valence-corrected chi connectivity index (χ2v) is 7.89. The van der Waals surface area contributed by atoms with Crippen LogP contribution in [0.15, 0.2) is 64.7 Å². The molecule has 5 nitrogen and oxygen atoms in total. The number of amides is 1. The SMILES string of the molecule is CCC/N=C1\S/C(=C\c2ccc(O/C=C/C=O)c(Cl)c2)C(=O)N1c1ccccc1C. The molecule has 2 aromatic carbocycles. The van der Waals surface area contributed by atoms with Crippen molar-refractivity contribution in [2.45, 2.75) is 20.3 Å². The number of aliphatic imine (C=N–C) groups is 1. The number of aryl methyl sites for hydroxylation is 1. The Kier molecular flexibility index (Phi) is 7.49. The Balaban J connectivity index is 1.92. The summed E-state index contributed by atoms with van der Waals surface area (Å²) in [5.41, 5.74) is 2.60. The number of hydrogen-bond donors (Lipinski definition) is 0. The molecule has 0 N–H and O–H groups in total. The molecule has 1 aliphatic rings. The smallest absolute Gasteiger partial charge is 0.271 e. The van der Waals surface area contributed by atoms with Crippen LogP contribution in [-0.4, -0.2) is 23.9 Å². The molecule has 1 heterocycles. The van der Waals surface area contributed by atoms with Crippen molar-refractivity contribution in [1.82, 2.24) is 0 Å². The van der Waals surface area contributed by atoms with Crippen molar-refractivity contribution in [2.75, 3.05) is 11.4 Å². The summed E-state index contributed by atoms with van der Waals surface area (Å²) in [6, 6.07) is 13.0. The number of thioether (sulfide) groups is 1. The number of amidine groups is 1. The molecule has 2 aromatic rings. The molecule has 0 saturated carbocycles. The zero-order valence-corrected chi connectivity index (χ0v) is 18.2. The maximum atomic E-state index is 13.2. The summed E-state index contributed by atoms with van der Waals surface area (Å²) < 4.78 is 5.31. The Labute approximate surface area is 185 Å². The predicted octanol–water partition coefficient (Wildman–Crippen LogP) is 5.63. The van der Waals surface area contributed by atoms with E-state index in [0.717, 1.165) is 23.2 Å². The zero-order valence-electron chi connectivity index (χ0n) is 16.7. The van der Waals surface area contributed by atoms with Gasteiger partial charge in [-0.15, -0.1) is 0 Å². The second kappa shape index (κ2) is 10.3. The van der Waals surface area contributed by atoms with Gasteiger partial charge in [0, 0.05) is 12.6 Å². The Morgan fingerprint density at radius 2 is 2.03 bits per heavy atom. The quantitative estimate of drug-likeness (QED) is 0.318. The standard InChI is InChI=1S/C23H21ClN2O3S/c1-3-11-25-23-26(19-8-5-4-7-16(19)2)22(28)21(30-23)15-17-9-10-20(18(24)14-17)29-13-6-12-27/h4-10,12-15H,3,11H2,1-2H3/b13-6+,21-15-,25-23-. The average molecular weight is 441 g/mol. The first-order valence-corrected chi connectivity index (χ1v) is 10.6. The summed E-state index contributed by atoms with van der Waals surface area (Å²) in [7, 11) is 0. The molecular formula is C23H21ClN2O3S. The minimum Gasteiger partial charge on any atom is -0.463 e. The second-order valence-electron chi connectivity index (χ2n) is 6.47. The van der Waals surface area contributed by atoms with Crippen molar-refractivity contribution in [3.8, 4) is 5.75 Å². The maximum absolute atomic E-state index is 13.2. The minimum atomic E-state index is -0.116.